The zero-order valence-electron chi connectivity index (χ0n) is 8.84. The number of hydrogen-bond acceptors (Lipinski definition) is 3. The second-order valence-corrected chi connectivity index (χ2v) is 4.60. The summed E-state index contributed by atoms with van der Waals surface area (Å²) in [7, 11) is 0. The molecule has 1 aromatic heterocycles. The minimum absolute atomic E-state index is 0.133. The first-order valence-electron chi connectivity index (χ1n) is 4.90. The van der Waals surface area contributed by atoms with E-state index in [0.29, 0.717) is 18.7 Å². The van der Waals surface area contributed by atoms with Gasteiger partial charge in [0, 0.05) is 17.2 Å². The number of carbonyl (C=O) groups excluding carboxylic acids is 1. The molecule has 88 valence electrons. The largest absolute Gasteiger partial charge is 0.330 e. The average Bonchev–Trinajstić information content (AvgIpc) is 2.25. The van der Waals surface area contributed by atoms with Crippen molar-refractivity contribution >= 4 is 39.1 Å². The minimum atomic E-state index is -0.199. The fourth-order valence-electron chi connectivity index (χ4n) is 1.20. The van der Waals surface area contributed by atoms with Gasteiger partial charge in [-0.3, -0.25) is 4.79 Å². The van der Waals surface area contributed by atoms with Crippen molar-refractivity contribution in [1.29, 1.82) is 0 Å². The minimum Gasteiger partial charge on any atom is -0.330 e. The first-order chi connectivity index (χ1) is 7.58. The van der Waals surface area contributed by atoms with Gasteiger partial charge in [-0.15, -0.1) is 0 Å². The van der Waals surface area contributed by atoms with Crippen molar-refractivity contribution < 1.29 is 4.79 Å². The Morgan fingerprint density at radius 2 is 2.44 bits per heavy atom. The first-order valence-corrected chi connectivity index (χ1v) is 6.07. The Morgan fingerprint density at radius 1 is 1.75 bits per heavy atom. The van der Waals surface area contributed by atoms with E-state index in [1.807, 2.05) is 6.92 Å². The van der Waals surface area contributed by atoms with E-state index in [1.54, 1.807) is 12.3 Å². The molecule has 1 rings (SSSR count). The molecule has 6 heteroatoms. The maximum absolute atomic E-state index is 11.7. The summed E-state index contributed by atoms with van der Waals surface area (Å²) in [6.07, 6.45) is 2.26. The Bertz CT molecular complexity index is 382. The second-order valence-electron chi connectivity index (χ2n) is 3.32. The highest BCUT2D eigenvalue weighted by molar-refractivity contribution is 9.10. The highest BCUT2D eigenvalue weighted by Gasteiger charge is 2.16. The molecular formula is C10H13BrClN3O. The molecule has 3 N–H and O–H groups in total. The number of halogens is 2. The molecule has 0 radical (unpaired) electrons. The van der Waals surface area contributed by atoms with Crippen LogP contribution in [-0.4, -0.2) is 17.4 Å². The number of aromatic nitrogens is 1. The van der Waals surface area contributed by atoms with Crippen LogP contribution in [0.3, 0.4) is 0 Å². The lowest BCUT2D eigenvalue weighted by atomic mass is 10.1. The smallest absolute Gasteiger partial charge is 0.228 e. The summed E-state index contributed by atoms with van der Waals surface area (Å²) in [5, 5.41) is 2.98. The zero-order chi connectivity index (χ0) is 12.1. The van der Waals surface area contributed by atoms with Crippen LogP contribution in [0.5, 0.6) is 0 Å². The van der Waals surface area contributed by atoms with Gasteiger partial charge in [0.05, 0.1) is 11.6 Å². The molecule has 1 atom stereocenters. The van der Waals surface area contributed by atoms with E-state index in [2.05, 4.69) is 26.2 Å². The maximum atomic E-state index is 11.7. The molecule has 1 amide bonds. The molecule has 0 saturated heterocycles. The van der Waals surface area contributed by atoms with Gasteiger partial charge in [0.2, 0.25) is 5.91 Å². The van der Waals surface area contributed by atoms with E-state index in [9.17, 15) is 4.79 Å². The third-order valence-corrected chi connectivity index (χ3v) is 2.95. The summed E-state index contributed by atoms with van der Waals surface area (Å²) >= 11 is 9.11. The summed E-state index contributed by atoms with van der Waals surface area (Å²) in [5.74, 6) is -0.332. The van der Waals surface area contributed by atoms with E-state index in [0.717, 1.165) is 4.47 Å². The molecule has 16 heavy (non-hydrogen) atoms. The number of nitrogens with zero attached hydrogens (tertiary/aromatic N) is 1. The van der Waals surface area contributed by atoms with Crippen molar-refractivity contribution in [3.8, 4) is 0 Å². The topological polar surface area (TPSA) is 68.0 Å². The van der Waals surface area contributed by atoms with Crippen molar-refractivity contribution in [2.24, 2.45) is 11.7 Å². The molecule has 0 aliphatic heterocycles. The van der Waals surface area contributed by atoms with Gasteiger partial charge in [-0.25, -0.2) is 4.98 Å². The number of anilines is 1. The lowest BCUT2D eigenvalue weighted by Gasteiger charge is -2.13. The number of nitrogens with two attached hydrogens (primary N) is 1. The summed E-state index contributed by atoms with van der Waals surface area (Å²) < 4.78 is 0.757. The standard InChI is InChI=1S/C10H13BrClN3O/c1-2-6(4-13)10(16)15-8-3-7(11)5-14-9(8)12/h3,5-6H,2,4,13H2,1H3,(H,15,16). The average molecular weight is 307 g/mol. The highest BCUT2D eigenvalue weighted by Crippen LogP contribution is 2.23. The van der Waals surface area contributed by atoms with Crippen LogP contribution in [0.25, 0.3) is 0 Å². The van der Waals surface area contributed by atoms with Crippen LogP contribution in [0.1, 0.15) is 13.3 Å². The summed E-state index contributed by atoms with van der Waals surface area (Å²) in [4.78, 5) is 15.7. The van der Waals surface area contributed by atoms with E-state index in [-0.39, 0.29) is 17.0 Å². The first kappa shape index (κ1) is 13.4. The molecule has 4 nitrogen and oxygen atoms in total. The van der Waals surface area contributed by atoms with Gasteiger partial charge in [0.15, 0.2) is 5.15 Å². The number of amides is 1. The van der Waals surface area contributed by atoms with Crippen LogP contribution in [0.15, 0.2) is 16.7 Å². The molecule has 1 heterocycles. The number of hydrogen-bond donors (Lipinski definition) is 2. The van der Waals surface area contributed by atoms with E-state index < -0.39 is 0 Å². The Balaban J connectivity index is 2.80. The SMILES string of the molecule is CCC(CN)C(=O)Nc1cc(Br)cnc1Cl. The van der Waals surface area contributed by atoms with Crippen molar-refractivity contribution in [1.82, 2.24) is 4.98 Å². The van der Waals surface area contributed by atoms with Gasteiger partial charge in [0.25, 0.3) is 0 Å². The molecule has 0 spiro atoms. The monoisotopic (exact) mass is 305 g/mol. The van der Waals surface area contributed by atoms with Gasteiger partial charge in [-0.05, 0) is 28.4 Å². The molecule has 0 aliphatic carbocycles. The lowest BCUT2D eigenvalue weighted by Crippen LogP contribution is -2.28. The summed E-state index contributed by atoms with van der Waals surface area (Å²) in [6, 6.07) is 1.70. The van der Waals surface area contributed by atoms with Gasteiger partial charge in [0.1, 0.15) is 0 Å². The van der Waals surface area contributed by atoms with Crippen molar-refractivity contribution in [2.75, 3.05) is 11.9 Å². The van der Waals surface area contributed by atoms with Crippen LogP contribution in [-0.2, 0) is 4.79 Å². The van der Waals surface area contributed by atoms with Gasteiger partial charge in [-0.2, -0.15) is 0 Å². The van der Waals surface area contributed by atoms with Crippen LogP contribution >= 0.6 is 27.5 Å². The van der Waals surface area contributed by atoms with Crippen molar-refractivity contribution in [3.63, 3.8) is 0 Å². The van der Waals surface area contributed by atoms with Gasteiger partial charge >= 0.3 is 0 Å². The molecule has 0 bridgehead atoms. The van der Waals surface area contributed by atoms with Crippen LogP contribution in [0, 0.1) is 5.92 Å². The van der Waals surface area contributed by atoms with Crippen molar-refractivity contribution in [2.45, 2.75) is 13.3 Å². The predicted octanol–water partition coefficient (Wildman–Crippen LogP) is 2.42. The Morgan fingerprint density at radius 3 is 3.00 bits per heavy atom. The number of pyridine rings is 1. The molecule has 1 aromatic rings. The Hall–Kier alpha value is -0.650. The summed E-state index contributed by atoms with van der Waals surface area (Å²) in [5.41, 5.74) is 5.98. The predicted molar refractivity (Wildman–Crippen MR) is 68.4 cm³/mol. The molecule has 1 unspecified atom stereocenters. The molecule has 0 fully saturated rings. The summed E-state index contributed by atoms with van der Waals surface area (Å²) in [6.45, 7) is 2.24. The van der Waals surface area contributed by atoms with Crippen LogP contribution < -0.4 is 11.1 Å². The van der Waals surface area contributed by atoms with Crippen LogP contribution in [0.4, 0.5) is 5.69 Å². The van der Waals surface area contributed by atoms with Crippen LogP contribution in [0.2, 0.25) is 5.15 Å². The fraction of sp³-hybridized carbons (Fsp3) is 0.400. The number of carbonyl (C=O) groups is 1. The quantitative estimate of drug-likeness (QED) is 0.840. The zero-order valence-corrected chi connectivity index (χ0v) is 11.2. The molecule has 0 aromatic carbocycles. The highest BCUT2D eigenvalue weighted by atomic mass is 79.9. The fourth-order valence-corrected chi connectivity index (χ4v) is 1.69. The van der Waals surface area contributed by atoms with Gasteiger partial charge < -0.3 is 11.1 Å². The Labute approximate surface area is 108 Å². The van der Waals surface area contributed by atoms with Crippen molar-refractivity contribution in [3.05, 3.63) is 21.9 Å². The van der Waals surface area contributed by atoms with E-state index >= 15 is 0 Å². The third-order valence-electron chi connectivity index (χ3n) is 2.21. The molecular weight excluding hydrogens is 293 g/mol. The second kappa shape index (κ2) is 6.18. The lowest BCUT2D eigenvalue weighted by molar-refractivity contribution is -0.119. The number of rotatable bonds is 4. The number of nitrogens with one attached hydrogen (secondary N) is 1. The van der Waals surface area contributed by atoms with E-state index in [1.165, 1.54) is 0 Å². The molecule has 0 saturated carbocycles. The normalized spacial score (nSPS) is 12.2. The third kappa shape index (κ3) is 3.43. The van der Waals surface area contributed by atoms with Gasteiger partial charge in [-0.1, -0.05) is 18.5 Å². The maximum Gasteiger partial charge on any atom is 0.228 e. The Kier molecular flexibility index (Phi) is 5.18. The van der Waals surface area contributed by atoms with E-state index in [4.69, 9.17) is 17.3 Å². The molecule has 0 aliphatic rings.